The van der Waals surface area contributed by atoms with Crippen molar-refractivity contribution in [1.82, 2.24) is 5.32 Å². The van der Waals surface area contributed by atoms with E-state index in [1.807, 2.05) is 0 Å². The van der Waals surface area contributed by atoms with Crippen LogP contribution in [0.25, 0.3) is 11.1 Å². The normalized spacial score (nSPS) is 14.3. The van der Waals surface area contributed by atoms with Gasteiger partial charge in [-0.2, -0.15) is 0 Å². The van der Waals surface area contributed by atoms with Crippen LogP contribution >= 0.6 is 11.6 Å². The molecular weight excluding hydrogens is 268 g/mol. The standard InChI is InChI=1S/C15H12ClF2N/c16-12-2-1-3-14(18)15(12)10-4-5-13(17)9-6-7-19-8-11(9)10/h1-5,19H,6-8H2. The average Bonchev–Trinajstić information content (AvgIpc) is 2.41. The molecule has 2 aromatic rings. The lowest BCUT2D eigenvalue weighted by atomic mass is 9.91. The molecular formula is C15H12ClF2N. The highest BCUT2D eigenvalue weighted by Gasteiger charge is 2.20. The number of halogens is 3. The van der Waals surface area contributed by atoms with Gasteiger partial charge >= 0.3 is 0 Å². The zero-order valence-electron chi connectivity index (χ0n) is 10.1. The van der Waals surface area contributed by atoms with E-state index in [1.165, 1.54) is 12.1 Å². The van der Waals surface area contributed by atoms with Gasteiger partial charge in [0, 0.05) is 12.1 Å². The molecule has 98 valence electrons. The third-order valence-electron chi connectivity index (χ3n) is 3.46. The molecule has 0 amide bonds. The fraction of sp³-hybridized carbons (Fsp3) is 0.200. The number of benzene rings is 2. The van der Waals surface area contributed by atoms with Crippen LogP contribution in [0, 0.1) is 11.6 Å². The van der Waals surface area contributed by atoms with E-state index in [2.05, 4.69) is 5.32 Å². The van der Waals surface area contributed by atoms with Crippen LogP contribution in [0.2, 0.25) is 5.02 Å². The van der Waals surface area contributed by atoms with Gasteiger partial charge in [0.1, 0.15) is 11.6 Å². The van der Waals surface area contributed by atoms with Gasteiger partial charge in [-0.1, -0.05) is 23.7 Å². The Hall–Kier alpha value is -1.45. The molecule has 1 aliphatic heterocycles. The van der Waals surface area contributed by atoms with Gasteiger partial charge < -0.3 is 5.32 Å². The molecule has 19 heavy (non-hydrogen) atoms. The molecule has 0 fully saturated rings. The van der Waals surface area contributed by atoms with Crippen molar-refractivity contribution < 1.29 is 8.78 Å². The number of hydrogen-bond acceptors (Lipinski definition) is 1. The van der Waals surface area contributed by atoms with E-state index in [9.17, 15) is 8.78 Å². The van der Waals surface area contributed by atoms with Crippen LogP contribution in [0.3, 0.4) is 0 Å². The zero-order chi connectivity index (χ0) is 13.4. The summed E-state index contributed by atoms with van der Waals surface area (Å²) in [5.74, 6) is -0.611. The van der Waals surface area contributed by atoms with Crippen molar-refractivity contribution >= 4 is 11.6 Å². The predicted molar refractivity (Wildman–Crippen MR) is 72.2 cm³/mol. The lowest BCUT2D eigenvalue weighted by Gasteiger charge is -2.22. The second-order valence-corrected chi connectivity index (χ2v) is 4.98. The molecule has 1 nitrogen and oxygen atoms in total. The van der Waals surface area contributed by atoms with Crippen LogP contribution in [0.15, 0.2) is 30.3 Å². The van der Waals surface area contributed by atoms with Gasteiger partial charge in [-0.25, -0.2) is 8.78 Å². The summed E-state index contributed by atoms with van der Waals surface area (Å²) in [7, 11) is 0. The maximum Gasteiger partial charge on any atom is 0.132 e. The van der Waals surface area contributed by atoms with Crippen molar-refractivity contribution in [3.63, 3.8) is 0 Å². The molecule has 0 aromatic heterocycles. The van der Waals surface area contributed by atoms with Crippen LogP contribution in [0.4, 0.5) is 8.78 Å². The highest BCUT2D eigenvalue weighted by molar-refractivity contribution is 6.33. The van der Waals surface area contributed by atoms with Crippen molar-refractivity contribution in [1.29, 1.82) is 0 Å². The van der Waals surface area contributed by atoms with Crippen molar-refractivity contribution in [2.24, 2.45) is 0 Å². The number of rotatable bonds is 1. The van der Waals surface area contributed by atoms with E-state index in [-0.39, 0.29) is 11.6 Å². The first-order chi connectivity index (χ1) is 9.18. The third kappa shape index (κ3) is 2.13. The van der Waals surface area contributed by atoms with Gasteiger partial charge in [0.2, 0.25) is 0 Å². The molecule has 0 atom stereocenters. The van der Waals surface area contributed by atoms with E-state index in [0.717, 1.165) is 12.1 Å². The van der Waals surface area contributed by atoms with Gasteiger partial charge in [0.05, 0.1) is 5.02 Å². The number of hydrogen-bond donors (Lipinski definition) is 1. The molecule has 1 N–H and O–H groups in total. The lowest BCUT2D eigenvalue weighted by molar-refractivity contribution is 0.569. The summed E-state index contributed by atoms with van der Waals surface area (Å²) in [6, 6.07) is 7.57. The smallest absolute Gasteiger partial charge is 0.132 e. The second-order valence-electron chi connectivity index (χ2n) is 4.58. The topological polar surface area (TPSA) is 12.0 Å². The van der Waals surface area contributed by atoms with E-state index in [1.54, 1.807) is 18.2 Å². The van der Waals surface area contributed by atoms with Crippen molar-refractivity contribution in [2.45, 2.75) is 13.0 Å². The van der Waals surface area contributed by atoms with Gasteiger partial charge in [-0.3, -0.25) is 0 Å². The Labute approximate surface area is 115 Å². The van der Waals surface area contributed by atoms with Gasteiger partial charge in [0.15, 0.2) is 0 Å². The van der Waals surface area contributed by atoms with Crippen LogP contribution in [0.5, 0.6) is 0 Å². The van der Waals surface area contributed by atoms with Crippen molar-refractivity contribution in [3.05, 3.63) is 58.1 Å². The molecule has 0 unspecified atom stereocenters. The molecule has 0 spiro atoms. The van der Waals surface area contributed by atoms with E-state index in [4.69, 9.17) is 11.6 Å². The predicted octanol–water partition coefficient (Wildman–Crippen LogP) is 3.93. The molecule has 0 aliphatic carbocycles. The highest BCUT2D eigenvalue weighted by Crippen LogP contribution is 2.35. The Kier molecular flexibility index (Phi) is 3.25. The molecule has 0 saturated heterocycles. The largest absolute Gasteiger partial charge is 0.312 e. The first-order valence-electron chi connectivity index (χ1n) is 6.14. The Morgan fingerprint density at radius 1 is 1.00 bits per heavy atom. The number of fused-ring (bicyclic) bond motifs is 1. The SMILES string of the molecule is Fc1ccc(-c2c(F)cccc2Cl)c2c1CCNC2. The monoisotopic (exact) mass is 279 g/mol. The van der Waals surface area contributed by atoms with Gasteiger partial charge in [0.25, 0.3) is 0 Å². The fourth-order valence-electron chi connectivity index (χ4n) is 2.55. The molecule has 0 radical (unpaired) electrons. The molecule has 4 heteroatoms. The minimum atomic E-state index is -0.383. The first kappa shape index (κ1) is 12.6. The fourth-order valence-corrected chi connectivity index (χ4v) is 2.82. The summed E-state index contributed by atoms with van der Waals surface area (Å²) in [6.45, 7) is 1.27. The van der Waals surface area contributed by atoms with E-state index in [0.29, 0.717) is 34.7 Å². The van der Waals surface area contributed by atoms with E-state index >= 15 is 0 Å². The second kappa shape index (κ2) is 4.91. The minimum Gasteiger partial charge on any atom is -0.312 e. The summed E-state index contributed by atoms with van der Waals surface area (Å²) in [4.78, 5) is 0. The Bertz CT molecular complexity index is 620. The molecule has 1 aliphatic rings. The maximum absolute atomic E-state index is 14.0. The molecule has 2 aromatic carbocycles. The maximum atomic E-state index is 14.0. The lowest BCUT2D eigenvalue weighted by Crippen LogP contribution is -2.25. The van der Waals surface area contributed by atoms with Crippen LogP contribution in [-0.4, -0.2) is 6.54 Å². The van der Waals surface area contributed by atoms with Crippen molar-refractivity contribution in [2.75, 3.05) is 6.54 Å². The van der Waals surface area contributed by atoms with Crippen LogP contribution in [-0.2, 0) is 13.0 Å². The summed E-state index contributed by atoms with van der Waals surface area (Å²) in [5, 5.41) is 3.53. The van der Waals surface area contributed by atoms with Crippen LogP contribution in [0.1, 0.15) is 11.1 Å². The molecule has 1 heterocycles. The van der Waals surface area contributed by atoms with E-state index < -0.39 is 0 Å². The Balaban J connectivity index is 2.26. The van der Waals surface area contributed by atoms with Gasteiger partial charge in [-0.15, -0.1) is 0 Å². The van der Waals surface area contributed by atoms with Crippen molar-refractivity contribution in [3.8, 4) is 11.1 Å². The summed E-state index contributed by atoms with van der Waals surface area (Å²) in [6.07, 6.45) is 0.612. The summed E-state index contributed by atoms with van der Waals surface area (Å²) >= 11 is 6.09. The third-order valence-corrected chi connectivity index (χ3v) is 3.77. The first-order valence-corrected chi connectivity index (χ1v) is 6.51. The number of nitrogens with one attached hydrogen (secondary N) is 1. The summed E-state index contributed by atoms with van der Waals surface area (Å²) < 4.78 is 27.8. The highest BCUT2D eigenvalue weighted by atomic mass is 35.5. The zero-order valence-corrected chi connectivity index (χ0v) is 10.9. The summed E-state index contributed by atoms with van der Waals surface area (Å²) in [5.41, 5.74) is 2.49. The minimum absolute atomic E-state index is 0.229. The molecule has 0 bridgehead atoms. The quantitative estimate of drug-likeness (QED) is 0.834. The molecule has 3 rings (SSSR count). The van der Waals surface area contributed by atoms with Crippen LogP contribution < -0.4 is 5.32 Å². The Morgan fingerprint density at radius 2 is 1.84 bits per heavy atom. The molecule has 0 saturated carbocycles. The van der Waals surface area contributed by atoms with Gasteiger partial charge in [-0.05, 0) is 47.9 Å². The Morgan fingerprint density at radius 3 is 2.63 bits per heavy atom. The average molecular weight is 280 g/mol.